The number of H-pyrrole nitrogens is 1. The second-order valence-corrected chi connectivity index (χ2v) is 5.55. The zero-order chi connectivity index (χ0) is 14.8. The van der Waals surface area contributed by atoms with E-state index in [2.05, 4.69) is 4.98 Å². The molecule has 2 aromatic carbocycles. The van der Waals surface area contributed by atoms with Crippen molar-refractivity contribution in [3.05, 3.63) is 65.9 Å². The molecular formula is C16H11F2NOS. The van der Waals surface area contributed by atoms with Crippen LogP contribution in [0.5, 0.6) is 0 Å². The Labute approximate surface area is 124 Å². The van der Waals surface area contributed by atoms with Crippen LogP contribution in [0.2, 0.25) is 0 Å². The molecule has 1 aromatic heterocycles. The number of halogens is 2. The van der Waals surface area contributed by atoms with Crippen molar-refractivity contribution in [2.45, 2.75) is 4.90 Å². The topological polar surface area (TPSA) is 32.9 Å². The Balaban J connectivity index is 1.77. The van der Waals surface area contributed by atoms with Gasteiger partial charge in [-0.25, -0.2) is 8.78 Å². The minimum Gasteiger partial charge on any atom is -0.360 e. The number of benzene rings is 2. The van der Waals surface area contributed by atoms with E-state index in [4.69, 9.17) is 0 Å². The van der Waals surface area contributed by atoms with E-state index in [1.54, 1.807) is 6.20 Å². The Morgan fingerprint density at radius 3 is 2.76 bits per heavy atom. The number of aromatic nitrogens is 1. The molecule has 3 rings (SSSR count). The van der Waals surface area contributed by atoms with Crippen LogP contribution in [-0.4, -0.2) is 16.5 Å². The largest absolute Gasteiger partial charge is 0.360 e. The molecule has 5 heteroatoms. The maximum atomic E-state index is 13.5. The molecule has 0 amide bonds. The van der Waals surface area contributed by atoms with Gasteiger partial charge in [-0.1, -0.05) is 18.2 Å². The van der Waals surface area contributed by atoms with Crippen LogP contribution in [0.25, 0.3) is 10.9 Å². The molecular weight excluding hydrogens is 292 g/mol. The fourth-order valence-corrected chi connectivity index (χ4v) is 2.92. The number of hydrogen-bond acceptors (Lipinski definition) is 2. The highest BCUT2D eigenvalue weighted by atomic mass is 32.2. The van der Waals surface area contributed by atoms with E-state index >= 15 is 0 Å². The number of thioether (sulfide) groups is 1. The van der Waals surface area contributed by atoms with Gasteiger partial charge in [0, 0.05) is 33.6 Å². The molecule has 0 unspecified atom stereocenters. The molecule has 0 spiro atoms. The average molecular weight is 303 g/mol. The maximum absolute atomic E-state index is 13.5. The minimum atomic E-state index is -0.647. The van der Waals surface area contributed by atoms with Crippen LogP contribution in [0.15, 0.2) is 53.6 Å². The zero-order valence-corrected chi connectivity index (χ0v) is 11.7. The smallest absolute Gasteiger partial charge is 0.175 e. The fraction of sp³-hybridized carbons (Fsp3) is 0.0625. The van der Waals surface area contributed by atoms with Gasteiger partial charge in [-0.3, -0.25) is 4.79 Å². The van der Waals surface area contributed by atoms with Crippen molar-refractivity contribution in [3.63, 3.8) is 0 Å². The van der Waals surface area contributed by atoms with E-state index in [1.807, 2.05) is 24.3 Å². The van der Waals surface area contributed by atoms with Crippen molar-refractivity contribution < 1.29 is 13.6 Å². The van der Waals surface area contributed by atoms with Crippen LogP contribution >= 0.6 is 11.8 Å². The Morgan fingerprint density at radius 1 is 1.14 bits per heavy atom. The summed E-state index contributed by atoms with van der Waals surface area (Å²) in [6.45, 7) is 0. The van der Waals surface area contributed by atoms with Gasteiger partial charge in [-0.05, 0) is 18.2 Å². The molecule has 21 heavy (non-hydrogen) atoms. The number of carbonyl (C=O) groups is 1. The lowest BCUT2D eigenvalue weighted by molar-refractivity contribution is 0.102. The number of Topliss-reactive ketones (excluding diaryl/α,β-unsaturated/α-hetero) is 1. The van der Waals surface area contributed by atoms with Crippen molar-refractivity contribution in [2.75, 3.05) is 5.75 Å². The highest BCUT2D eigenvalue weighted by molar-refractivity contribution is 8.00. The number of ketones is 1. The molecule has 0 saturated heterocycles. The van der Waals surface area contributed by atoms with Gasteiger partial charge in [-0.2, -0.15) is 0 Å². The first kappa shape index (κ1) is 13.8. The van der Waals surface area contributed by atoms with Crippen LogP contribution in [0.3, 0.4) is 0 Å². The minimum absolute atomic E-state index is 0.0961. The van der Waals surface area contributed by atoms with Crippen molar-refractivity contribution in [1.82, 2.24) is 4.98 Å². The summed E-state index contributed by atoms with van der Waals surface area (Å²) in [6.07, 6.45) is 1.66. The molecule has 2 nitrogen and oxygen atoms in total. The van der Waals surface area contributed by atoms with Gasteiger partial charge in [0.05, 0.1) is 5.75 Å². The van der Waals surface area contributed by atoms with Crippen LogP contribution in [0.4, 0.5) is 8.78 Å². The Hall–Kier alpha value is -2.14. The lowest BCUT2D eigenvalue weighted by Gasteiger charge is -2.02. The molecule has 106 valence electrons. The molecule has 0 atom stereocenters. The van der Waals surface area contributed by atoms with Crippen molar-refractivity contribution in [3.8, 4) is 0 Å². The normalized spacial score (nSPS) is 11.0. The predicted octanol–water partition coefficient (Wildman–Crippen LogP) is 4.42. The first-order chi connectivity index (χ1) is 10.1. The Kier molecular flexibility index (Phi) is 3.75. The molecule has 0 fully saturated rings. The van der Waals surface area contributed by atoms with Gasteiger partial charge < -0.3 is 4.98 Å². The molecule has 0 aliphatic rings. The summed E-state index contributed by atoms with van der Waals surface area (Å²) in [6, 6.07) is 10.8. The van der Waals surface area contributed by atoms with E-state index < -0.39 is 11.6 Å². The van der Waals surface area contributed by atoms with Crippen molar-refractivity contribution in [2.24, 2.45) is 0 Å². The molecule has 1 heterocycles. The highest BCUT2D eigenvalue weighted by Crippen LogP contribution is 2.25. The van der Waals surface area contributed by atoms with E-state index in [-0.39, 0.29) is 16.4 Å². The van der Waals surface area contributed by atoms with Gasteiger partial charge in [0.25, 0.3) is 0 Å². The van der Waals surface area contributed by atoms with E-state index in [0.29, 0.717) is 5.56 Å². The molecule has 0 saturated carbocycles. The number of para-hydroxylation sites is 1. The van der Waals surface area contributed by atoms with Gasteiger partial charge in [0.1, 0.15) is 11.6 Å². The average Bonchev–Trinajstić information content (AvgIpc) is 2.90. The summed E-state index contributed by atoms with van der Waals surface area (Å²) < 4.78 is 26.3. The molecule has 0 aliphatic heterocycles. The van der Waals surface area contributed by atoms with Crippen LogP contribution in [0, 0.1) is 11.6 Å². The summed E-state index contributed by atoms with van der Waals surface area (Å²) in [5.74, 6) is -1.27. The quantitative estimate of drug-likeness (QED) is 0.571. The lowest BCUT2D eigenvalue weighted by atomic mass is 10.1. The molecule has 0 aliphatic carbocycles. The standard InChI is InChI=1S/C16H11F2NOS/c17-10-5-6-16(13(18)7-10)21-9-15(20)12-8-19-14-4-2-1-3-11(12)14/h1-8,19H,9H2. The first-order valence-corrected chi connectivity index (χ1v) is 7.31. The first-order valence-electron chi connectivity index (χ1n) is 6.32. The SMILES string of the molecule is O=C(CSc1ccc(F)cc1F)c1c[nH]c2ccccc12. The third kappa shape index (κ3) is 2.83. The summed E-state index contributed by atoms with van der Waals surface area (Å²) in [4.78, 5) is 15.5. The van der Waals surface area contributed by atoms with Gasteiger partial charge >= 0.3 is 0 Å². The zero-order valence-electron chi connectivity index (χ0n) is 10.9. The van der Waals surface area contributed by atoms with Gasteiger partial charge in [0.15, 0.2) is 5.78 Å². The summed E-state index contributed by atoms with van der Waals surface area (Å²) >= 11 is 1.07. The van der Waals surface area contributed by atoms with Crippen molar-refractivity contribution >= 4 is 28.4 Å². The number of aromatic amines is 1. The molecule has 1 N–H and O–H groups in total. The molecule has 0 radical (unpaired) electrons. The Morgan fingerprint density at radius 2 is 1.95 bits per heavy atom. The third-order valence-corrected chi connectivity index (χ3v) is 4.19. The van der Waals surface area contributed by atoms with Crippen LogP contribution in [-0.2, 0) is 0 Å². The molecule has 0 bridgehead atoms. The van der Waals surface area contributed by atoms with Gasteiger partial charge in [0.2, 0.25) is 0 Å². The second-order valence-electron chi connectivity index (χ2n) is 4.53. The van der Waals surface area contributed by atoms with Crippen LogP contribution in [0.1, 0.15) is 10.4 Å². The van der Waals surface area contributed by atoms with E-state index in [1.165, 1.54) is 12.1 Å². The monoisotopic (exact) mass is 303 g/mol. The fourth-order valence-electron chi connectivity index (χ4n) is 2.12. The van der Waals surface area contributed by atoms with E-state index in [0.717, 1.165) is 28.7 Å². The highest BCUT2D eigenvalue weighted by Gasteiger charge is 2.13. The Bertz CT molecular complexity index is 813. The molecule has 3 aromatic rings. The third-order valence-electron chi connectivity index (χ3n) is 3.14. The summed E-state index contributed by atoms with van der Waals surface area (Å²) in [7, 11) is 0. The second kappa shape index (κ2) is 5.69. The number of rotatable bonds is 4. The lowest BCUT2D eigenvalue weighted by Crippen LogP contribution is -2.01. The predicted molar refractivity (Wildman–Crippen MR) is 79.7 cm³/mol. The number of hydrogen-bond donors (Lipinski definition) is 1. The maximum Gasteiger partial charge on any atom is 0.175 e. The summed E-state index contributed by atoms with van der Waals surface area (Å²) in [5, 5.41) is 0.850. The summed E-state index contributed by atoms with van der Waals surface area (Å²) in [5.41, 5.74) is 1.47. The number of nitrogens with one attached hydrogen (secondary N) is 1. The van der Waals surface area contributed by atoms with E-state index in [9.17, 15) is 13.6 Å². The van der Waals surface area contributed by atoms with Crippen LogP contribution < -0.4 is 0 Å². The van der Waals surface area contributed by atoms with Crippen molar-refractivity contribution in [1.29, 1.82) is 0 Å². The number of carbonyl (C=O) groups excluding carboxylic acids is 1. The van der Waals surface area contributed by atoms with Gasteiger partial charge in [-0.15, -0.1) is 11.8 Å². The number of fused-ring (bicyclic) bond motifs is 1.